The Morgan fingerprint density at radius 3 is 2.70 bits per heavy atom. The van der Waals surface area contributed by atoms with E-state index in [0.717, 1.165) is 17.0 Å². The number of aromatic hydroxyl groups is 1. The van der Waals surface area contributed by atoms with Crippen LogP contribution in [0.25, 0.3) is 0 Å². The lowest BCUT2D eigenvalue weighted by molar-refractivity contribution is 0.336. The van der Waals surface area contributed by atoms with Crippen LogP contribution >= 0.6 is 0 Å². The first-order valence-electron chi connectivity index (χ1n) is 6.61. The molecule has 2 rings (SSSR count). The Labute approximate surface area is 119 Å². The van der Waals surface area contributed by atoms with Crippen LogP contribution in [-0.2, 0) is 6.54 Å². The van der Waals surface area contributed by atoms with Crippen molar-refractivity contribution in [2.45, 2.75) is 13.5 Å². The van der Waals surface area contributed by atoms with Crippen molar-refractivity contribution in [1.82, 2.24) is 0 Å². The van der Waals surface area contributed by atoms with Gasteiger partial charge in [0.1, 0.15) is 11.5 Å². The van der Waals surface area contributed by atoms with Crippen molar-refractivity contribution >= 4 is 11.4 Å². The quantitative estimate of drug-likeness (QED) is 0.821. The van der Waals surface area contributed by atoms with Crippen LogP contribution in [0.2, 0.25) is 0 Å². The van der Waals surface area contributed by atoms with Crippen LogP contribution in [0.1, 0.15) is 12.5 Å². The highest BCUT2D eigenvalue weighted by Crippen LogP contribution is 2.26. The minimum Gasteiger partial charge on any atom is -0.508 e. The molecule has 4 heteroatoms. The maximum absolute atomic E-state index is 9.54. The van der Waals surface area contributed by atoms with Gasteiger partial charge in [0.15, 0.2) is 0 Å². The minimum atomic E-state index is 0.256. The zero-order chi connectivity index (χ0) is 14.5. The summed E-state index contributed by atoms with van der Waals surface area (Å²) in [5.41, 5.74) is 8.53. The van der Waals surface area contributed by atoms with Gasteiger partial charge in [0, 0.05) is 36.6 Å². The number of phenolic OH excluding ortho intramolecular Hbond substituents is 1. The predicted molar refractivity (Wildman–Crippen MR) is 82.2 cm³/mol. The van der Waals surface area contributed by atoms with E-state index in [1.54, 1.807) is 12.1 Å². The largest absolute Gasteiger partial charge is 0.508 e. The fourth-order valence-corrected chi connectivity index (χ4v) is 2.10. The van der Waals surface area contributed by atoms with Gasteiger partial charge in [-0.05, 0) is 37.3 Å². The average Bonchev–Trinajstić information content (AvgIpc) is 2.42. The number of nitrogen functional groups attached to an aromatic ring is 1. The van der Waals surface area contributed by atoms with Crippen LogP contribution in [0, 0.1) is 0 Å². The number of hydrogen-bond acceptors (Lipinski definition) is 4. The van der Waals surface area contributed by atoms with Crippen molar-refractivity contribution in [2.24, 2.45) is 0 Å². The maximum atomic E-state index is 9.54. The van der Waals surface area contributed by atoms with Crippen molar-refractivity contribution in [2.75, 3.05) is 24.3 Å². The summed E-state index contributed by atoms with van der Waals surface area (Å²) >= 11 is 0. The van der Waals surface area contributed by atoms with Gasteiger partial charge in [0.25, 0.3) is 0 Å². The molecule has 4 nitrogen and oxygen atoms in total. The summed E-state index contributed by atoms with van der Waals surface area (Å²) < 4.78 is 5.62. The first-order valence-corrected chi connectivity index (χ1v) is 6.61. The molecule has 0 amide bonds. The highest BCUT2D eigenvalue weighted by molar-refractivity contribution is 5.53. The molecule has 0 bridgehead atoms. The smallest absolute Gasteiger partial charge is 0.124 e. The summed E-state index contributed by atoms with van der Waals surface area (Å²) in [7, 11) is 1.97. The predicted octanol–water partition coefficient (Wildman–Crippen LogP) is 3.01. The third kappa shape index (κ3) is 3.35. The monoisotopic (exact) mass is 272 g/mol. The molecular weight excluding hydrogens is 252 g/mol. The SMILES string of the molecule is CCOc1ccc(N)cc1CN(C)c1cccc(O)c1. The third-order valence-electron chi connectivity index (χ3n) is 3.06. The van der Waals surface area contributed by atoms with Gasteiger partial charge < -0.3 is 20.5 Å². The van der Waals surface area contributed by atoms with Gasteiger partial charge >= 0.3 is 0 Å². The van der Waals surface area contributed by atoms with E-state index in [2.05, 4.69) is 0 Å². The third-order valence-corrected chi connectivity index (χ3v) is 3.06. The highest BCUT2D eigenvalue weighted by atomic mass is 16.5. The number of nitrogens with zero attached hydrogens (tertiary/aromatic N) is 1. The molecule has 0 saturated heterocycles. The summed E-state index contributed by atoms with van der Waals surface area (Å²) in [4.78, 5) is 2.04. The molecule has 0 saturated carbocycles. The molecule has 0 heterocycles. The number of benzene rings is 2. The van der Waals surface area contributed by atoms with Crippen LogP contribution in [-0.4, -0.2) is 18.8 Å². The highest BCUT2D eigenvalue weighted by Gasteiger charge is 2.08. The molecular formula is C16H20N2O2. The Balaban J connectivity index is 2.22. The van der Waals surface area contributed by atoms with Crippen LogP contribution in [0.4, 0.5) is 11.4 Å². The molecule has 2 aromatic carbocycles. The lowest BCUT2D eigenvalue weighted by Gasteiger charge is -2.21. The van der Waals surface area contributed by atoms with Crippen molar-refractivity contribution < 1.29 is 9.84 Å². The molecule has 106 valence electrons. The fourth-order valence-electron chi connectivity index (χ4n) is 2.10. The van der Waals surface area contributed by atoms with Crippen LogP contribution in [0.5, 0.6) is 11.5 Å². The molecule has 3 N–H and O–H groups in total. The molecule has 0 aliphatic heterocycles. The van der Waals surface area contributed by atoms with Crippen LogP contribution in [0.3, 0.4) is 0 Å². The molecule has 0 aliphatic rings. The first-order chi connectivity index (χ1) is 9.60. The Bertz CT molecular complexity index is 584. The zero-order valence-electron chi connectivity index (χ0n) is 11.8. The number of hydrogen-bond donors (Lipinski definition) is 2. The Kier molecular flexibility index (Phi) is 4.35. The topological polar surface area (TPSA) is 58.7 Å². The Morgan fingerprint density at radius 1 is 1.20 bits per heavy atom. The molecule has 0 radical (unpaired) electrons. The Hall–Kier alpha value is -2.36. The van der Waals surface area contributed by atoms with Gasteiger partial charge in [-0.1, -0.05) is 6.07 Å². The number of ether oxygens (including phenoxy) is 1. The van der Waals surface area contributed by atoms with E-state index in [0.29, 0.717) is 18.8 Å². The van der Waals surface area contributed by atoms with E-state index < -0.39 is 0 Å². The molecule has 0 aliphatic carbocycles. The maximum Gasteiger partial charge on any atom is 0.124 e. The first kappa shape index (κ1) is 14.1. The second kappa shape index (κ2) is 6.19. The summed E-state index contributed by atoms with van der Waals surface area (Å²) in [6.45, 7) is 3.23. The summed E-state index contributed by atoms with van der Waals surface area (Å²) in [6, 6.07) is 12.8. The van der Waals surface area contributed by atoms with E-state index >= 15 is 0 Å². The van der Waals surface area contributed by atoms with Gasteiger partial charge in [-0.15, -0.1) is 0 Å². The van der Waals surface area contributed by atoms with E-state index in [4.69, 9.17) is 10.5 Å². The van der Waals surface area contributed by atoms with Crippen molar-refractivity contribution in [3.63, 3.8) is 0 Å². The molecule has 0 fully saturated rings. The lowest BCUT2D eigenvalue weighted by Crippen LogP contribution is -2.17. The van der Waals surface area contributed by atoms with Gasteiger partial charge in [0.05, 0.1) is 6.61 Å². The Morgan fingerprint density at radius 2 is 2.00 bits per heavy atom. The average molecular weight is 272 g/mol. The summed E-state index contributed by atoms with van der Waals surface area (Å²) in [5.74, 6) is 1.10. The molecule has 0 atom stereocenters. The van der Waals surface area contributed by atoms with E-state index in [1.807, 2.05) is 49.2 Å². The van der Waals surface area contributed by atoms with Crippen molar-refractivity contribution in [1.29, 1.82) is 0 Å². The zero-order valence-corrected chi connectivity index (χ0v) is 11.8. The number of phenols is 1. The number of nitrogens with two attached hydrogens (primary N) is 1. The van der Waals surface area contributed by atoms with Crippen molar-refractivity contribution in [3.8, 4) is 11.5 Å². The molecule has 0 spiro atoms. The molecule has 20 heavy (non-hydrogen) atoms. The fraction of sp³-hybridized carbons (Fsp3) is 0.250. The minimum absolute atomic E-state index is 0.256. The standard InChI is InChI=1S/C16H20N2O2/c1-3-20-16-8-7-13(17)9-12(16)11-18(2)14-5-4-6-15(19)10-14/h4-10,19H,3,11,17H2,1-2H3. The second-order valence-corrected chi connectivity index (χ2v) is 4.68. The summed E-state index contributed by atoms with van der Waals surface area (Å²) in [5, 5.41) is 9.54. The molecule has 2 aromatic rings. The summed E-state index contributed by atoms with van der Waals surface area (Å²) in [6.07, 6.45) is 0. The molecule has 0 unspecified atom stereocenters. The van der Waals surface area contributed by atoms with Gasteiger partial charge in [-0.2, -0.15) is 0 Å². The number of rotatable bonds is 5. The second-order valence-electron chi connectivity index (χ2n) is 4.68. The van der Waals surface area contributed by atoms with Crippen molar-refractivity contribution in [3.05, 3.63) is 48.0 Å². The van der Waals surface area contributed by atoms with Gasteiger partial charge in [0.2, 0.25) is 0 Å². The normalized spacial score (nSPS) is 10.3. The van der Waals surface area contributed by atoms with E-state index in [-0.39, 0.29) is 5.75 Å². The molecule has 0 aromatic heterocycles. The van der Waals surface area contributed by atoms with Crippen LogP contribution < -0.4 is 15.4 Å². The van der Waals surface area contributed by atoms with E-state index in [1.165, 1.54) is 0 Å². The van der Waals surface area contributed by atoms with Crippen LogP contribution in [0.15, 0.2) is 42.5 Å². The van der Waals surface area contributed by atoms with E-state index in [9.17, 15) is 5.11 Å². The van der Waals surface area contributed by atoms with Gasteiger partial charge in [-0.25, -0.2) is 0 Å². The van der Waals surface area contributed by atoms with Gasteiger partial charge in [-0.3, -0.25) is 0 Å². The number of anilines is 2. The lowest BCUT2D eigenvalue weighted by atomic mass is 10.1.